The van der Waals surface area contributed by atoms with Crippen LogP contribution in [0.1, 0.15) is 23.1 Å². The van der Waals surface area contributed by atoms with E-state index in [2.05, 4.69) is 65.7 Å². The van der Waals surface area contributed by atoms with Crippen LogP contribution in [-0.2, 0) is 12.8 Å². The third-order valence-electron chi connectivity index (χ3n) is 4.45. The second-order valence-corrected chi connectivity index (χ2v) is 7.78. The van der Waals surface area contributed by atoms with Crippen molar-refractivity contribution < 1.29 is 4.42 Å². The molecule has 0 aliphatic heterocycles. The first-order valence-electron chi connectivity index (χ1n) is 9.69. The summed E-state index contributed by atoms with van der Waals surface area (Å²) in [6, 6.07) is 12.5. The summed E-state index contributed by atoms with van der Waals surface area (Å²) in [4.78, 5) is 12.9. The van der Waals surface area contributed by atoms with Crippen LogP contribution in [0.3, 0.4) is 0 Å². The van der Waals surface area contributed by atoms with E-state index >= 15 is 0 Å². The van der Waals surface area contributed by atoms with Gasteiger partial charge in [-0.05, 0) is 43.8 Å². The van der Waals surface area contributed by atoms with Gasteiger partial charge in [0.05, 0.1) is 5.69 Å². The van der Waals surface area contributed by atoms with E-state index in [-0.39, 0.29) is 24.0 Å². The summed E-state index contributed by atoms with van der Waals surface area (Å²) in [5, 5.41) is 5.49. The van der Waals surface area contributed by atoms with E-state index in [1.54, 1.807) is 17.6 Å². The Hall–Kier alpha value is -1.87. The van der Waals surface area contributed by atoms with E-state index in [1.807, 2.05) is 12.1 Å². The maximum absolute atomic E-state index is 5.64. The molecule has 0 radical (unpaired) electrons. The summed E-state index contributed by atoms with van der Waals surface area (Å²) in [7, 11) is 2.08. The minimum Gasteiger partial charge on any atom is -0.444 e. The van der Waals surface area contributed by atoms with E-state index in [9.17, 15) is 0 Å². The first-order valence-corrected chi connectivity index (χ1v) is 10.6. The molecule has 5 nitrogen and oxygen atoms in total. The van der Waals surface area contributed by atoms with E-state index in [0.29, 0.717) is 12.4 Å². The van der Waals surface area contributed by atoms with Crippen LogP contribution in [-0.4, -0.2) is 42.5 Å². The second kappa shape index (κ2) is 12.0. The van der Waals surface area contributed by atoms with E-state index < -0.39 is 0 Å². The summed E-state index contributed by atoms with van der Waals surface area (Å²) in [6.07, 6.45) is 3.52. The van der Waals surface area contributed by atoms with Crippen LogP contribution in [0.5, 0.6) is 0 Å². The Balaban J connectivity index is 0.00000300. The standard InChI is InChI=1S/C22H28N4OS.HI/c1-4-23-22(26(3)14-12-20-6-5-15-28-20)24-13-11-19-16-27-21(25-19)18-9-7-17(2)8-10-18;/h5-10,15-16H,4,11-14H2,1-3H3,(H,23,24);1H. The van der Waals surface area contributed by atoms with Gasteiger partial charge in [0.15, 0.2) is 5.96 Å². The zero-order valence-corrected chi connectivity index (χ0v) is 20.4. The van der Waals surface area contributed by atoms with Gasteiger partial charge in [-0.2, -0.15) is 0 Å². The number of hydrogen-bond donors (Lipinski definition) is 1. The van der Waals surface area contributed by atoms with Crippen LogP contribution in [0.15, 0.2) is 57.5 Å². The van der Waals surface area contributed by atoms with Gasteiger partial charge in [-0.25, -0.2) is 4.98 Å². The number of aromatic nitrogens is 1. The zero-order chi connectivity index (χ0) is 19.8. The molecule has 2 aromatic heterocycles. The number of benzene rings is 1. The van der Waals surface area contributed by atoms with E-state index in [0.717, 1.165) is 43.1 Å². The van der Waals surface area contributed by atoms with Gasteiger partial charge in [-0.15, -0.1) is 35.3 Å². The second-order valence-electron chi connectivity index (χ2n) is 6.75. The zero-order valence-electron chi connectivity index (χ0n) is 17.2. The summed E-state index contributed by atoms with van der Waals surface area (Å²) < 4.78 is 5.64. The van der Waals surface area contributed by atoms with Crippen LogP contribution in [0.2, 0.25) is 0 Å². The quantitative estimate of drug-likeness (QED) is 0.256. The summed E-state index contributed by atoms with van der Waals surface area (Å²) in [5.74, 6) is 1.60. The minimum absolute atomic E-state index is 0. The highest BCUT2D eigenvalue weighted by Crippen LogP contribution is 2.19. The first kappa shape index (κ1) is 23.4. The number of guanidine groups is 1. The fourth-order valence-electron chi connectivity index (χ4n) is 2.84. The third kappa shape index (κ3) is 7.15. The highest BCUT2D eigenvalue weighted by atomic mass is 127. The van der Waals surface area contributed by atoms with Crippen molar-refractivity contribution in [1.82, 2.24) is 15.2 Å². The molecule has 0 saturated heterocycles. The lowest BCUT2D eigenvalue weighted by atomic mass is 10.1. The molecular formula is C22H29IN4OS. The van der Waals surface area contributed by atoms with Crippen molar-refractivity contribution in [2.24, 2.45) is 4.99 Å². The van der Waals surface area contributed by atoms with E-state index in [1.165, 1.54) is 10.4 Å². The number of rotatable bonds is 8. The van der Waals surface area contributed by atoms with Gasteiger partial charge in [-0.1, -0.05) is 23.8 Å². The lowest BCUT2D eigenvalue weighted by Crippen LogP contribution is -2.40. The Labute approximate surface area is 194 Å². The Morgan fingerprint density at radius 2 is 2.00 bits per heavy atom. The smallest absolute Gasteiger partial charge is 0.226 e. The molecule has 0 fully saturated rings. The lowest BCUT2D eigenvalue weighted by Gasteiger charge is -2.21. The Kier molecular flexibility index (Phi) is 9.66. The molecule has 3 rings (SSSR count). The highest BCUT2D eigenvalue weighted by molar-refractivity contribution is 14.0. The molecule has 0 aliphatic carbocycles. The molecule has 1 aromatic carbocycles. The molecule has 0 unspecified atom stereocenters. The number of oxazole rings is 1. The first-order chi connectivity index (χ1) is 13.7. The number of nitrogens with zero attached hydrogens (tertiary/aromatic N) is 3. The van der Waals surface area contributed by atoms with Crippen molar-refractivity contribution in [3.8, 4) is 11.5 Å². The van der Waals surface area contributed by atoms with Gasteiger partial charge in [-0.3, -0.25) is 4.99 Å². The van der Waals surface area contributed by atoms with Crippen LogP contribution in [0.25, 0.3) is 11.5 Å². The molecule has 3 aromatic rings. The van der Waals surface area contributed by atoms with Crippen molar-refractivity contribution in [2.75, 3.05) is 26.7 Å². The molecule has 0 bridgehead atoms. The van der Waals surface area contributed by atoms with Crippen LogP contribution >= 0.6 is 35.3 Å². The average Bonchev–Trinajstić information content (AvgIpc) is 3.38. The highest BCUT2D eigenvalue weighted by Gasteiger charge is 2.08. The van der Waals surface area contributed by atoms with Crippen LogP contribution < -0.4 is 5.32 Å². The minimum atomic E-state index is 0. The molecule has 156 valence electrons. The van der Waals surface area contributed by atoms with Gasteiger partial charge < -0.3 is 14.6 Å². The van der Waals surface area contributed by atoms with Crippen LogP contribution in [0.4, 0.5) is 0 Å². The molecule has 0 atom stereocenters. The van der Waals surface area contributed by atoms with Crippen molar-refractivity contribution in [3.63, 3.8) is 0 Å². The molecule has 0 saturated carbocycles. The van der Waals surface area contributed by atoms with Gasteiger partial charge >= 0.3 is 0 Å². The van der Waals surface area contributed by atoms with Crippen molar-refractivity contribution in [3.05, 3.63) is 64.2 Å². The maximum atomic E-state index is 5.64. The topological polar surface area (TPSA) is 53.7 Å². The largest absolute Gasteiger partial charge is 0.444 e. The Bertz CT molecular complexity index is 875. The SMILES string of the molecule is CCNC(=NCCc1coc(-c2ccc(C)cc2)n1)N(C)CCc1cccs1.I. The molecule has 7 heteroatoms. The molecular weight excluding hydrogens is 495 g/mol. The monoisotopic (exact) mass is 524 g/mol. The number of thiophene rings is 1. The average molecular weight is 524 g/mol. The summed E-state index contributed by atoms with van der Waals surface area (Å²) in [6.45, 7) is 6.62. The Morgan fingerprint density at radius 1 is 1.21 bits per heavy atom. The number of likely N-dealkylation sites (N-methyl/N-ethyl adjacent to an activating group) is 1. The van der Waals surface area contributed by atoms with Crippen molar-refractivity contribution in [1.29, 1.82) is 0 Å². The number of nitrogens with one attached hydrogen (secondary N) is 1. The molecule has 0 aliphatic rings. The number of hydrogen-bond acceptors (Lipinski definition) is 4. The van der Waals surface area contributed by atoms with Gasteiger partial charge in [0.1, 0.15) is 6.26 Å². The number of halogens is 1. The predicted octanol–water partition coefficient (Wildman–Crippen LogP) is 5.01. The van der Waals surface area contributed by atoms with Gasteiger partial charge in [0, 0.05) is 43.5 Å². The number of aliphatic imine (C=N–C) groups is 1. The predicted molar refractivity (Wildman–Crippen MR) is 132 cm³/mol. The third-order valence-corrected chi connectivity index (χ3v) is 5.39. The normalized spacial score (nSPS) is 11.2. The maximum Gasteiger partial charge on any atom is 0.226 e. The van der Waals surface area contributed by atoms with E-state index in [4.69, 9.17) is 9.41 Å². The molecule has 0 spiro atoms. The fraction of sp³-hybridized carbons (Fsp3) is 0.364. The number of aryl methyl sites for hydroxylation is 1. The van der Waals surface area contributed by atoms with Gasteiger partial charge in [0.25, 0.3) is 0 Å². The van der Waals surface area contributed by atoms with Gasteiger partial charge in [0.2, 0.25) is 5.89 Å². The fourth-order valence-corrected chi connectivity index (χ4v) is 3.53. The van der Waals surface area contributed by atoms with Crippen molar-refractivity contribution in [2.45, 2.75) is 26.7 Å². The van der Waals surface area contributed by atoms with Crippen LogP contribution in [0, 0.1) is 6.92 Å². The molecule has 1 N–H and O–H groups in total. The summed E-state index contributed by atoms with van der Waals surface area (Å²) in [5.41, 5.74) is 3.16. The molecule has 0 amide bonds. The molecule has 29 heavy (non-hydrogen) atoms. The summed E-state index contributed by atoms with van der Waals surface area (Å²) >= 11 is 1.80. The lowest BCUT2D eigenvalue weighted by molar-refractivity contribution is 0.487. The Morgan fingerprint density at radius 3 is 2.69 bits per heavy atom. The molecule has 2 heterocycles. The van der Waals surface area contributed by atoms with Crippen molar-refractivity contribution >= 4 is 41.3 Å².